The molecule has 4 saturated carbocycles. The Kier molecular flexibility index (Phi) is 6.52. The SMILES string of the molecule is CC(F)(F)c1nc(C23CCC(CN(C(=O)C4CCOCC4)c4cccc(-c5cc(C6CC6)on5)c4)(CC2)CC3)no1. The van der Waals surface area contributed by atoms with E-state index in [0.29, 0.717) is 31.5 Å². The molecule has 5 fully saturated rings. The Balaban J connectivity index is 1.14. The first-order chi connectivity index (χ1) is 19.7. The number of ether oxygens (including phenoxy) is 1. The second kappa shape index (κ2) is 10.00. The van der Waals surface area contributed by atoms with Gasteiger partial charge in [0.25, 0.3) is 5.89 Å². The van der Waals surface area contributed by atoms with E-state index in [4.69, 9.17) is 13.8 Å². The fraction of sp³-hybridized carbons (Fsp3) is 0.613. The third-order valence-electron chi connectivity index (χ3n) is 9.97. The second-order valence-electron chi connectivity index (χ2n) is 12.8. The van der Waals surface area contributed by atoms with Crippen LogP contribution in [0.4, 0.5) is 14.5 Å². The van der Waals surface area contributed by atoms with Crippen LogP contribution in [0.15, 0.2) is 39.4 Å². The van der Waals surface area contributed by atoms with Crippen molar-refractivity contribution in [1.29, 1.82) is 0 Å². The van der Waals surface area contributed by atoms with Crippen LogP contribution in [-0.4, -0.2) is 41.0 Å². The van der Waals surface area contributed by atoms with Crippen molar-refractivity contribution < 1.29 is 27.4 Å². The highest BCUT2D eigenvalue weighted by atomic mass is 19.3. The zero-order valence-electron chi connectivity index (χ0n) is 23.4. The minimum Gasteiger partial charge on any atom is -0.381 e. The van der Waals surface area contributed by atoms with Crippen LogP contribution >= 0.6 is 0 Å². The fourth-order valence-corrected chi connectivity index (χ4v) is 7.07. The molecule has 1 aliphatic heterocycles. The highest BCUT2D eigenvalue weighted by Gasteiger charge is 2.53. The second-order valence-corrected chi connectivity index (χ2v) is 12.8. The lowest BCUT2D eigenvalue weighted by Crippen LogP contribution is -2.52. The molecule has 1 amide bonds. The lowest BCUT2D eigenvalue weighted by molar-refractivity contribution is -0.126. The molecule has 5 aliphatic rings. The first-order valence-electron chi connectivity index (χ1n) is 14.9. The first-order valence-corrected chi connectivity index (χ1v) is 14.9. The Morgan fingerprint density at radius 3 is 2.39 bits per heavy atom. The highest BCUT2D eigenvalue weighted by Crippen LogP contribution is 2.58. The van der Waals surface area contributed by atoms with Crippen molar-refractivity contribution in [1.82, 2.24) is 15.3 Å². The minimum atomic E-state index is -3.15. The van der Waals surface area contributed by atoms with E-state index in [1.165, 1.54) is 0 Å². The summed E-state index contributed by atoms with van der Waals surface area (Å²) in [6.07, 6.45) is 8.76. The van der Waals surface area contributed by atoms with Crippen LogP contribution in [0.25, 0.3) is 11.3 Å². The molecular formula is C31H36F2N4O4. The van der Waals surface area contributed by atoms with Gasteiger partial charge in [-0.25, -0.2) is 0 Å². The molecule has 0 atom stereocenters. The average Bonchev–Trinajstić information content (AvgIpc) is 3.49. The molecule has 218 valence electrons. The number of aromatic nitrogens is 3. The summed E-state index contributed by atoms with van der Waals surface area (Å²) in [5, 5.41) is 8.32. The molecular weight excluding hydrogens is 530 g/mol. The number of fused-ring (bicyclic) bond motifs is 3. The Hall–Kier alpha value is -3.14. The lowest BCUT2D eigenvalue weighted by Gasteiger charge is -2.53. The molecule has 2 bridgehead atoms. The molecule has 4 aliphatic carbocycles. The smallest absolute Gasteiger partial charge is 0.322 e. The van der Waals surface area contributed by atoms with Crippen molar-refractivity contribution in [3.05, 3.63) is 47.8 Å². The maximum atomic E-state index is 14.1. The number of halogens is 2. The average molecular weight is 567 g/mol. The van der Waals surface area contributed by atoms with Gasteiger partial charge in [0.15, 0.2) is 5.82 Å². The number of rotatable bonds is 8. The normalized spacial score (nSPS) is 26.8. The predicted octanol–water partition coefficient (Wildman–Crippen LogP) is 6.77. The number of carbonyl (C=O) groups excluding carboxylic acids is 1. The Morgan fingerprint density at radius 2 is 1.73 bits per heavy atom. The van der Waals surface area contributed by atoms with Crippen molar-refractivity contribution in [3.8, 4) is 11.3 Å². The van der Waals surface area contributed by atoms with Crippen molar-refractivity contribution in [2.75, 3.05) is 24.7 Å². The van der Waals surface area contributed by atoms with Gasteiger partial charge >= 0.3 is 5.92 Å². The van der Waals surface area contributed by atoms with Crippen molar-refractivity contribution in [2.45, 2.75) is 88.4 Å². The number of alkyl halides is 2. The highest BCUT2D eigenvalue weighted by molar-refractivity contribution is 5.95. The summed E-state index contributed by atoms with van der Waals surface area (Å²) in [5.74, 6) is -1.88. The van der Waals surface area contributed by atoms with Crippen LogP contribution in [0, 0.1) is 11.3 Å². The van der Waals surface area contributed by atoms with Gasteiger partial charge in [-0.3, -0.25) is 4.79 Å². The van der Waals surface area contributed by atoms with Gasteiger partial charge in [-0.2, -0.15) is 13.8 Å². The molecule has 0 N–H and O–H groups in total. The Bertz CT molecular complexity index is 1390. The minimum absolute atomic E-state index is 0.0487. The summed E-state index contributed by atoms with van der Waals surface area (Å²) in [4.78, 5) is 20.2. The fourth-order valence-electron chi connectivity index (χ4n) is 7.07. The van der Waals surface area contributed by atoms with Crippen molar-refractivity contribution in [3.63, 3.8) is 0 Å². The maximum Gasteiger partial charge on any atom is 0.322 e. The third-order valence-corrected chi connectivity index (χ3v) is 9.97. The summed E-state index contributed by atoms with van der Waals surface area (Å²) in [5.41, 5.74) is 2.22. The van der Waals surface area contributed by atoms with Crippen LogP contribution in [0.5, 0.6) is 0 Å². The van der Waals surface area contributed by atoms with Gasteiger partial charge in [0.05, 0.1) is 0 Å². The van der Waals surface area contributed by atoms with Gasteiger partial charge < -0.3 is 18.7 Å². The molecule has 10 heteroatoms. The molecule has 0 unspecified atom stereocenters. The molecule has 1 aromatic carbocycles. The number of anilines is 1. The zero-order chi connectivity index (χ0) is 28.2. The van der Waals surface area contributed by atoms with Crippen LogP contribution < -0.4 is 4.90 Å². The zero-order valence-corrected chi connectivity index (χ0v) is 23.4. The van der Waals surface area contributed by atoms with Gasteiger partial charge in [-0.05, 0) is 81.8 Å². The molecule has 2 aromatic heterocycles. The number of hydrogen-bond donors (Lipinski definition) is 0. The van der Waals surface area contributed by atoms with Gasteiger partial charge in [-0.1, -0.05) is 22.4 Å². The summed E-state index contributed by atoms with van der Waals surface area (Å²) in [6.45, 7) is 2.61. The Morgan fingerprint density at radius 1 is 1.00 bits per heavy atom. The van der Waals surface area contributed by atoms with Gasteiger partial charge in [0, 0.05) is 61.3 Å². The number of nitrogens with zero attached hydrogens (tertiary/aromatic N) is 4. The summed E-state index contributed by atoms with van der Waals surface area (Å²) in [7, 11) is 0. The predicted molar refractivity (Wildman–Crippen MR) is 145 cm³/mol. The Labute approximate surface area is 237 Å². The summed E-state index contributed by atoms with van der Waals surface area (Å²) < 4.78 is 43.7. The molecule has 0 spiro atoms. The van der Waals surface area contributed by atoms with E-state index in [1.807, 2.05) is 29.2 Å². The van der Waals surface area contributed by atoms with E-state index < -0.39 is 11.8 Å². The number of amides is 1. The molecule has 0 radical (unpaired) electrons. The van der Waals surface area contributed by atoms with E-state index >= 15 is 0 Å². The molecule has 1 saturated heterocycles. The quantitative estimate of drug-likeness (QED) is 0.297. The van der Waals surface area contributed by atoms with Crippen LogP contribution in [0.3, 0.4) is 0 Å². The van der Waals surface area contributed by atoms with Gasteiger partial charge in [0.1, 0.15) is 11.5 Å². The number of carbonyl (C=O) groups is 1. The maximum absolute atomic E-state index is 14.1. The largest absolute Gasteiger partial charge is 0.381 e. The van der Waals surface area contributed by atoms with Crippen LogP contribution in [-0.2, 0) is 20.9 Å². The van der Waals surface area contributed by atoms with Crippen molar-refractivity contribution in [2.24, 2.45) is 11.3 Å². The number of hydrogen-bond acceptors (Lipinski definition) is 7. The molecule has 3 heterocycles. The van der Waals surface area contributed by atoms with E-state index in [1.54, 1.807) is 0 Å². The van der Waals surface area contributed by atoms with Crippen LogP contribution in [0.2, 0.25) is 0 Å². The summed E-state index contributed by atoms with van der Waals surface area (Å²) in [6, 6.07) is 10.1. The van der Waals surface area contributed by atoms with Crippen LogP contribution in [0.1, 0.15) is 94.5 Å². The van der Waals surface area contributed by atoms with E-state index in [9.17, 15) is 13.6 Å². The topological polar surface area (TPSA) is 94.5 Å². The van der Waals surface area contributed by atoms with E-state index in [2.05, 4.69) is 21.4 Å². The van der Waals surface area contributed by atoms with Gasteiger partial charge in [0.2, 0.25) is 5.91 Å². The standard InChI is InChI=1S/C31H36F2N4O4/c1-29(32,33)28-34-27(36-41-28)31-12-9-30(10-13-31,11-14-31)19-37(26(38)21-7-15-39-16-8-21)23-4-2-3-22(17-23)24-18-25(40-35-24)20-5-6-20/h2-4,17-18,20-21H,5-16,19H2,1H3. The monoisotopic (exact) mass is 566 g/mol. The number of benzene rings is 1. The first kappa shape index (κ1) is 26.7. The van der Waals surface area contributed by atoms with Crippen molar-refractivity contribution >= 4 is 11.6 Å². The lowest BCUT2D eigenvalue weighted by atomic mass is 9.53. The van der Waals surface area contributed by atoms with E-state index in [0.717, 1.165) is 93.8 Å². The molecule has 8 rings (SSSR count). The third kappa shape index (κ3) is 5.08. The molecule has 8 nitrogen and oxygen atoms in total. The molecule has 3 aromatic rings. The summed E-state index contributed by atoms with van der Waals surface area (Å²) >= 11 is 0. The molecule has 41 heavy (non-hydrogen) atoms. The van der Waals surface area contributed by atoms with E-state index in [-0.39, 0.29) is 22.7 Å². The van der Waals surface area contributed by atoms with Gasteiger partial charge in [-0.15, -0.1) is 0 Å².